The normalized spacial score (nSPS) is 20.7. The summed E-state index contributed by atoms with van der Waals surface area (Å²) in [6.07, 6.45) is 7.13. The molecule has 0 atom stereocenters. The maximum atomic E-state index is 14.0. The molecular formula is C19H26F2O3. The second kappa shape index (κ2) is 9.00. The summed E-state index contributed by atoms with van der Waals surface area (Å²) >= 11 is 0. The minimum atomic E-state index is -1.18. The van der Waals surface area contributed by atoms with Crippen LogP contribution in [0.4, 0.5) is 8.78 Å². The van der Waals surface area contributed by atoms with Crippen molar-refractivity contribution in [3.63, 3.8) is 0 Å². The van der Waals surface area contributed by atoms with E-state index < -0.39 is 17.6 Å². The van der Waals surface area contributed by atoms with Crippen molar-refractivity contribution in [1.82, 2.24) is 0 Å². The lowest BCUT2D eigenvalue weighted by molar-refractivity contribution is -0.140. The van der Waals surface area contributed by atoms with Crippen molar-refractivity contribution in [3.8, 4) is 11.5 Å². The van der Waals surface area contributed by atoms with Crippen LogP contribution in [0.3, 0.4) is 0 Å². The fourth-order valence-electron chi connectivity index (χ4n) is 3.23. The van der Waals surface area contributed by atoms with Gasteiger partial charge < -0.3 is 9.47 Å². The Kier molecular flexibility index (Phi) is 7.00. The number of rotatable bonds is 7. The maximum Gasteiger partial charge on any atom is 0.314 e. The number of hydrogen-bond donors (Lipinski definition) is 0. The van der Waals surface area contributed by atoms with Gasteiger partial charge in [0.05, 0.1) is 12.5 Å². The SMILES string of the molecule is CCCCC1CCC(C(=O)Oc2ccc(OCC)c(F)c2F)CC1. The number of hydrogen-bond acceptors (Lipinski definition) is 3. The number of ether oxygens (including phenoxy) is 2. The molecule has 2 rings (SSSR count). The highest BCUT2D eigenvalue weighted by Gasteiger charge is 2.28. The van der Waals surface area contributed by atoms with E-state index in [1.54, 1.807) is 6.92 Å². The Labute approximate surface area is 142 Å². The van der Waals surface area contributed by atoms with Crippen LogP contribution in [0.1, 0.15) is 58.8 Å². The van der Waals surface area contributed by atoms with Gasteiger partial charge >= 0.3 is 5.97 Å². The van der Waals surface area contributed by atoms with E-state index in [4.69, 9.17) is 9.47 Å². The quantitative estimate of drug-likeness (QED) is 0.501. The summed E-state index contributed by atoms with van der Waals surface area (Å²) in [4.78, 5) is 12.2. The van der Waals surface area contributed by atoms with E-state index >= 15 is 0 Å². The smallest absolute Gasteiger partial charge is 0.314 e. The molecule has 0 aliphatic heterocycles. The van der Waals surface area contributed by atoms with Crippen LogP contribution in [0.2, 0.25) is 0 Å². The van der Waals surface area contributed by atoms with Crippen molar-refractivity contribution in [1.29, 1.82) is 0 Å². The van der Waals surface area contributed by atoms with Gasteiger partial charge in [-0.1, -0.05) is 26.2 Å². The second-order valence-electron chi connectivity index (χ2n) is 6.40. The Hall–Kier alpha value is -1.65. The van der Waals surface area contributed by atoms with Crippen LogP contribution in [0, 0.1) is 23.5 Å². The summed E-state index contributed by atoms with van der Waals surface area (Å²) in [5.74, 6) is -2.85. The molecule has 0 N–H and O–H groups in total. The van der Waals surface area contributed by atoms with Crippen LogP contribution in [-0.2, 0) is 4.79 Å². The Morgan fingerprint density at radius 1 is 1.08 bits per heavy atom. The van der Waals surface area contributed by atoms with Crippen molar-refractivity contribution < 1.29 is 23.0 Å². The summed E-state index contributed by atoms with van der Waals surface area (Å²) < 4.78 is 37.9. The monoisotopic (exact) mass is 340 g/mol. The highest BCUT2D eigenvalue weighted by atomic mass is 19.2. The van der Waals surface area contributed by atoms with Crippen molar-refractivity contribution in [3.05, 3.63) is 23.8 Å². The summed E-state index contributed by atoms with van der Waals surface area (Å²) in [6, 6.07) is 2.53. The zero-order chi connectivity index (χ0) is 17.5. The van der Waals surface area contributed by atoms with Gasteiger partial charge in [-0.25, -0.2) is 0 Å². The molecule has 0 spiro atoms. The summed E-state index contributed by atoms with van der Waals surface area (Å²) in [6.45, 7) is 4.09. The van der Waals surface area contributed by atoms with Crippen LogP contribution >= 0.6 is 0 Å². The van der Waals surface area contributed by atoms with Gasteiger partial charge in [0, 0.05) is 0 Å². The highest BCUT2D eigenvalue weighted by Crippen LogP contribution is 2.34. The van der Waals surface area contributed by atoms with Gasteiger partial charge in [-0.3, -0.25) is 4.79 Å². The third-order valence-electron chi connectivity index (χ3n) is 4.67. The summed E-state index contributed by atoms with van der Waals surface area (Å²) in [7, 11) is 0. The van der Waals surface area contributed by atoms with Gasteiger partial charge in [-0.15, -0.1) is 0 Å². The van der Waals surface area contributed by atoms with Crippen LogP contribution < -0.4 is 9.47 Å². The lowest BCUT2D eigenvalue weighted by Gasteiger charge is -2.27. The zero-order valence-corrected chi connectivity index (χ0v) is 14.4. The molecule has 0 heterocycles. The number of carbonyl (C=O) groups excluding carboxylic acids is 1. The van der Waals surface area contributed by atoms with E-state index in [-0.39, 0.29) is 24.0 Å². The lowest BCUT2D eigenvalue weighted by Crippen LogP contribution is -2.26. The van der Waals surface area contributed by atoms with Crippen molar-refractivity contribution in [2.75, 3.05) is 6.61 Å². The first-order valence-electron chi connectivity index (χ1n) is 8.89. The molecule has 1 aromatic rings. The average Bonchev–Trinajstić information content (AvgIpc) is 2.60. The van der Waals surface area contributed by atoms with Crippen LogP contribution in [0.25, 0.3) is 0 Å². The molecule has 0 radical (unpaired) electrons. The molecule has 3 nitrogen and oxygen atoms in total. The molecule has 0 saturated heterocycles. The number of benzene rings is 1. The largest absolute Gasteiger partial charge is 0.491 e. The summed E-state index contributed by atoms with van der Waals surface area (Å²) in [5.41, 5.74) is 0. The average molecular weight is 340 g/mol. The van der Waals surface area contributed by atoms with Crippen LogP contribution in [0.5, 0.6) is 11.5 Å². The Morgan fingerprint density at radius 2 is 1.71 bits per heavy atom. The zero-order valence-electron chi connectivity index (χ0n) is 14.4. The Morgan fingerprint density at radius 3 is 2.33 bits per heavy atom. The van der Waals surface area contributed by atoms with E-state index in [0.29, 0.717) is 5.92 Å². The van der Waals surface area contributed by atoms with Gasteiger partial charge in [0.1, 0.15) is 0 Å². The highest BCUT2D eigenvalue weighted by molar-refractivity contribution is 5.75. The molecule has 1 saturated carbocycles. The molecule has 0 unspecified atom stereocenters. The Balaban J connectivity index is 1.92. The number of halogens is 2. The first-order chi connectivity index (χ1) is 11.6. The van der Waals surface area contributed by atoms with Crippen molar-refractivity contribution in [2.24, 2.45) is 11.8 Å². The van der Waals surface area contributed by atoms with E-state index in [1.807, 2.05) is 0 Å². The molecule has 0 amide bonds. The van der Waals surface area contributed by atoms with Crippen LogP contribution in [-0.4, -0.2) is 12.6 Å². The minimum absolute atomic E-state index is 0.175. The number of esters is 1. The van der Waals surface area contributed by atoms with E-state index in [0.717, 1.165) is 25.7 Å². The molecule has 1 aromatic carbocycles. The molecule has 1 aliphatic rings. The van der Waals surface area contributed by atoms with Gasteiger partial charge in [0.15, 0.2) is 11.5 Å². The van der Waals surface area contributed by atoms with Crippen molar-refractivity contribution in [2.45, 2.75) is 58.8 Å². The standard InChI is InChI=1S/C19H26F2O3/c1-3-5-6-13-7-9-14(10-8-13)19(22)24-16-12-11-15(23-4-2)17(20)18(16)21/h11-14H,3-10H2,1-2H3. The van der Waals surface area contributed by atoms with Gasteiger partial charge in [-0.05, 0) is 50.7 Å². The van der Waals surface area contributed by atoms with Gasteiger partial charge in [0.25, 0.3) is 0 Å². The first-order valence-corrected chi connectivity index (χ1v) is 8.89. The Bertz CT molecular complexity index is 552. The predicted molar refractivity (Wildman–Crippen MR) is 88.1 cm³/mol. The molecule has 1 aliphatic carbocycles. The van der Waals surface area contributed by atoms with Gasteiger partial charge in [0.2, 0.25) is 11.6 Å². The fraction of sp³-hybridized carbons (Fsp3) is 0.632. The lowest BCUT2D eigenvalue weighted by atomic mass is 9.80. The van der Waals surface area contributed by atoms with E-state index in [1.165, 1.54) is 31.4 Å². The molecule has 1 fully saturated rings. The molecular weight excluding hydrogens is 314 g/mol. The predicted octanol–water partition coefficient (Wildman–Crippen LogP) is 5.27. The molecule has 5 heteroatoms. The topological polar surface area (TPSA) is 35.5 Å². The van der Waals surface area contributed by atoms with Crippen LogP contribution in [0.15, 0.2) is 12.1 Å². The second-order valence-corrected chi connectivity index (χ2v) is 6.40. The number of unbranched alkanes of at least 4 members (excludes halogenated alkanes) is 1. The molecule has 0 bridgehead atoms. The maximum absolute atomic E-state index is 14.0. The van der Waals surface area contributed by atoms with Gasteiger partial charge in [-0.2, -0.15) is 8.78 Å². The molecule has 0 aromatic heterocycles. The minimum Gasteiger partial charge on any atom is -0.491 e. The van der Waals surface area contributed by atoms with E-state index in [9.17, 15) is 13.6 Å². The molecule has 24 heavy (non-hydrogen) atoms. The fourth-order valence-corrected chi connectivity index (χ4v) is 3.23. The first kappa shape index (κ1) is 18.7. The van der Waals surface area contributed by atoms with E-state index in [2.05, 4.69) is 6.92 Å². The number of carbonyl (C=O) groups is 1. The molecule has 134 valence electrons. The third-order valence-corrected chi connectivity index (χ3v) is 4.67. The summed E-state index contributed by atoms with van der Waals surface area (Å²) in [5, 5.41) is 0. The van der Waals surface area contributed by atoms with Crippen molar-refractivity contribution >= 4 is 5.97 Å². The third kappa shape index (κ3) is 4.68.